The van der Waals surface area contributed by atoms with Gasteiger partial charge in [-0.3, -0.25) is 9.69 Å². The number of likely N-dealkylation sites (tertiary alicyclic amines) is 2. The van der Waals surface area contributed by atoms with Gasteiger partial charge < -0.3 is 9.64 Å². The van der Waals surface area contributed by atoms with E-state index in [-0.39, 0.29) is 0 Å². The van der Waals surface area contributed by atoms with Crippen LogP contribution in [0, 0.1) is 5.92 Å². The fraction of sp³-hybridized carbons (Fsp3) is 0.458. The van der Waals surface area contributed by atoms with Crippen LogP contribution >= 0.6 is 11.6 Å². The molecule has 5 heteroatoms. The minimum Gasteiger partial charge on any atom is -0.497 e. The second-order valence-corrected chi connectivity index (χ2v) is 8.57. The van der Waals surface area contributed by atoms with E-state index < -0.39 is 0 Å². The molecule has 0 unspecified atom stereocenters. The lowest BCUT2D eigenvalue weighted by molar-refractivity contribution is -0.141. The van der Waals surface area contributed by atoms with Gasteiger partial charge in [-0.2, -0.15) is 0 Å². The number of amides is 1. The van der Waals surface area contributed by atoms with Crippen LogP contribution in [0.2, 0.25) is 5.02 Å². The van der Waals surface area contributed by atoms with Crippen LogP contribution in [-0.4, -0.2) is 48.5 Å². The average Bonchev–Trinajstić information content (AvgIpc) is 2.75. The van der Waals surface area contributed by atoms with Gasteiger partial charge in [0.2, 0.25) is 5.91 Å². The van der Waals surface area contributed by atoms with E-state index in [2.05, 4.69) is 28.0 Å². The minimum absolute atomic E-state index is 0.319. The fourth-order valence-electron chi connectivity index (χ4n) is 4.77. The molecule has 0 N–H and O–H groups in total. The number of piperidine rings is 2. The number of halogens is 1. The van der Waals surface area contributed by atoms with Crippen LogP contribution in [0.15, 0.2) is 48.5 Å². The molecule has 2 aromatic carbocycles. The molecule has 2 aliphatic heterocycles. The summed E-state index contributed by atoms with van der Waals surface area (Å²) in [5.41, 5.74) is 2.44. The molecule has 4 rings (SSSR count). The zero-order valence-electron chi connectivity index (χ0n) is 17.0. The molecule has 2 heterocycles. The van der Waals surface area contributed by atoms with Gasteiger partial charge in [-0.15, -0.1) is 0 Å². The van der Waals surface area contributed by atoms with Crippen LogP contribution in [0.5, 0.6) is 5.75 Å². The molecule has 0 aliphatic carbocycles. The van der Waals surface area contributed by atoms with E-state index in [0.29, 0.717) is 24.3 Å². The molecule has 0 radical (unpaired) electrons. The van der Waals surface area contributed by atoms with Crippen LogP contribution in [0.3, 0.4) is 0 Å². The van der Waals surface area contributed by atoms with Crippen LogP contribution in [0.4, 0.5) is 0 Å². The quantitative estimate of drug-likeness (QED) is 0.704. The summed E-state index contributed by atoms with van der Waals surface area (Å²) in [6.07, 6.45) is 3.61. The standard InChI is InChI=1S/C24H29ClN2O2/c1-29-21-9-6-18(7-10-21)12-15-27-23-13-14-26(17-20(23)8-11-24(27)28)16-19-4-2-3-5-22(19)25/h2-7,9-10,20,23H,8,11-17H2,1H3/t20-,23+/m0/s1. The maximum Gasteiger partial charge on any atom is 0.222 e. The second kappa shape index (κ2) is 9.19. The van der Waals surface area contributed by atoms with E-state index in [1.807, 2.05) is 30.3 Å². The summed E-state index contributed by atoms with van der Waals surface area (Å²) in [7, 11) is 1.68. The van der Waals surface area contributed by atoms with Gasteiger partial charge in [0.05, 0.1) is 7.11 Å². The fourth-order valence-corrected chi connectivity index (χ4v) is 4.97. The van der Waals surface area contributed by atoms with Gasteiger partial charge in [-0.1, -0.05) is 41.9 Å². The van der Waals surface area contributed by atoms with Crippen molar-refractivity contribution in [2.45, 2.75) is 38.3 Å². The van der Waals surface area contributed by atoms with Crippen LogP contribution in [0.25, 0.3) is 0 Å². The van der Waals surface area contributed by atoms with Crippen molar-refractivity contribution in [3.05, 3.63) is 64.7 Å². The monoisotopic (exact) mass is 412 g/mol. The van der Waals surface area contributed by atoms with Crippen LogP contribution in [-0.2, 0) is 17.8 Å². The maximum absolute atomic E-state index is 12.7. The SMILES string of the molecule is COc1ccc(CCN2C(=O)CC[C@H]3CN(Cc4ccccc4Cl)CC[C@H]32)cc1. The molecule has 2 aromatic rings. The van der Waals surface area contributed by atoms with Gasteiger partial charge in [0.1, 0.15) is 5.75 Å². The highest BCUT2D eigenvalue weighted by atomic mass is 35.5. The number of fused-ring (bicyclic) bond motifs is 1. The molecule has 1 amide bonds. The Bertz CT molecular complexity index is 839. The van der Waals surface area contributed by atoms with Crippen molar-refractivity contribution >= 4 is 17.5 Å². The predicted octanol–water partition coefficient (Wildman–Crippen LogP) is 4.40. The highest BCUT2D eigenvalue weighted by Gasteiger charge is 2.38. The lowest BCUT2D eigenvalue weighted by atomic mass is 9.83. The normalized spacial score (nSPS) is 22.4. The Morgan fingerprint density at radius 1 is 1.10 bits per heavy atom. The predicted molar refractivity (Wildman–Crippen MR) is 116 cm³/mol. The Hall–Kier alpha value is -2.04. The van der Waals surface area contributed by atoms with E-state index in [9.17, 15) is 4.79 Å². The van der Waals surface area contributed by atoms with Crippen molar-refractivity contribution in [1.82, 2.24) is 9.80 Å². The molecule has 0 aromatic heterocycles. The number of rotatable bonds is 6. The number of carbonyl (C=O) groups is 1. The van der Waals surface area contributed by atoms with E-state index >= 15 is 0 Å². The van der Waals surface area contributed by atoms with Crippen molar-refractivity contribution in [1.29, 1.82) is 0 Å². The molecule has 154 valence electrons. The second-order valence-electron chi connectivity index (χ2n) is 8.17. The van der Waals surface area contributed by atoms with E-state index in [1.165, 1.54) is 11.1 Å². The van der Waals surface area contributed by atoms with Crippen molar-refractivity contribution in [3.8, 4) is 5.75 Å². The molecular formula is C24H29ClN2O2. The van der Waals surface area contributed by atoms with Gasteiger partial charge in [-0.05, 0) is 54.5 Å². The summed E-state index contributed by atoms with van der Waals surface area (Å²) in [6.45, 7) is 3.75. The number of carbonyl (C=O) groups excluding carboxylic acids is 1. The molecule has 0 saturated carbocycles. The van der Waals surface area contributed by atoms with Crippen molar-refractivity contribution < 1.29 is 9.53 Å². The van der Waals surface area contributed by atoms with Crippen LogP contribution < -0.4 is 4.74 Å². The molecule has 2 fully saturated rings. The minimum atomic E-state index is 0.319. The zero-order chi connectivity index (χ0) is 20.2. The Kier molecular flexibility index (Phi) is 6.41. The number of benzene rings is 2. The van der Waals surface area contributed by atoms with Crippen LogP contribution in [0.1, 0.15) is 30.4 Å². The highest BCUT2D eigenvalue weighted by molar-refractivity contribution is 6.31. The number of hydrogen-bond acceptors (Lipinski definition) is 3. The van der Waals surface area contributed by atoms with Gasteiger partial charge in [0, 0.05) is 43.7 Å². The van der Waals surface area contributed by atoms with Gasteiger partial charge in [0.15, 0.2) is 0 Å². The first-order valence-electron chi connectivity index (χ1n) is 10.5. The molecule has 29 heavy (non-hydrogen) atoms. The van der Waals surface area contributed by atoms with Gasteiger partial charge >= 0.3 is 0 Å². The summed E-state index contributed by atoms with van der Waals surface area (Å²) in [4.78, 5) is 17.3. The highest BCUT2D eigenvalue weighted by Crippen LogP contribution is 2.32. The van der Waals surface area contributed by atoms with E-state index in [4.69, 9.17) is 16.3 Å². The number of nitrogens with zero attached hydrogens (tertiary/aromatic N) is 2. The Morgan fingerprint density at radius 3 is 2.66 bits per heavy atom. The molecular weight excluding hydrogens is 384 g/mol. The zero-order valence-corrected chi connectivity index (χ0v) is 17.8. The van der Waals surface area contributed by atoms with Gasteiger partial charge in [0.25, 0.3) is 0 Å². The number of methoxy groups -OCH3 is 1. The average molecular weight is 413 g/mol. The Labute approximate surface area is 178 Å². The number of ether oxygens (including phenoxy) is 1. The summed E-state index contributed by atoms with van der Waals surface area (Å²) >= 11 is 6.35. The summed E-state index contributed by atoms with van der Waals surface area (Å²) in [5, 5.41) is 0.842. The molecule has 2 aliphatic rings. The summed E-state index contributed by atoms with van der Waals surface area (Å²) < 4.78 is 5.23. The summed E-state index contributed by atoms with van der Waals surface area (Å²) in [5.74, 6) is 1.74. The lowest BCUT2D eigenvalue weighted by Crippen LogP contribution is -2.56. The number of hydrogen-bond donors (Lipinski definition) is 0. The molecule has 2 atom stereocenters. The van der Waals surface area contributed by atoms with Crippen molar-refractivity contribution in [2.24, 2.45) is 5.92 Å². The van der Waals surface area contributed by atoms with Crippen molar-refractivity contribution in [3.63, 3.8) is 0 Å². The first-order chi connectivity index (χ1) is 14.1. The molecule has 4 nitrogen and oxygen atoms in total. The molecule has 0 spiro atoms. The first-order valence-corrected chi connectivity index (χ1v) is 10.9. The van der Waals surface area contributed by atoms with Crippen molar-refractivity contribution in [2.75, 3.05) is 26.7 Å². The largest absolute Gasteiger partial charge is 0.497 e. The van der Waals surface area contributed by atoms with Gasteiger partial charge in [-0.25, -0.2) is 0 Å². The first kappa shape index (κ1) is 20.2. The third-order valence-corrected chi connectivity index (χ3v) is 6.75. The Balaban J connectivity index is 1.36. The van der Waals surface area contributed by atoms with E-state index in [1.54, 1.807) is 7.11 Å². The third-order valence-electron chi connectivity index (χ3n) is 6.38. The van der Waals surface area contributed by atoms with E-state index in [0.717, 1.165) is 56.2 Å². The topological polar surface area (TPSA) is 32.8 Å². The molecule has 2 saturated heterocycles. The maximum atomic E-state index is 12.7. The summed E-state index contributed by atoms with van der Waals surface area (Å²) in [6, 6.07) is 16.6. The smallest absolute Gasteiger partial charge is 0.222 e. The molecule has 0 bridgehead atoms. The Morgan fingerprint density at radius 2 is 1.90 bits per heavy atom. The lowest BCUT2D eigenvalue weighted by Gasteiger charge is -2.47. The third kappa shape index (κ3) is 4.76.